The molecular formula is C28H36FN3O2. The van der Waals surface area contributed by atoms with E-state index >= 15 is 4.39 Å². The van der Waals surface area contributed by atoms with E-state index in [1.165, 1.54) is 50.1 Å². The molecule has 0 saturated heterocycles. The van der Waals surface area contributed by atoms with Crippen molar-refractivity contribution in [3.63, 3.8) is 0 Å². The van der Waals surface area contributed by atoms with E-state index in [1.54, 1.807) is 0 Å². The van der Waals surface area contributed by atoms with Crippen molar-refractivity contribution in [2.45, 2.75) is 89.5 Å². The highest BCUT2D eigenvalue weighted by molar-refractivity contribution is 6.01. The Kier molecular flexibility index (Phi) is 6.36. The number of Topliss-reactive ketones (excluding diaryl/α,β-unsaturated/α-hetero) is 1. The van der Waals surface area contributed by atoms with E-state index in [9.17, 15) is 9.59 Å². The number of rotatable bonds is 4. The van der Waals surface area contributed by atoms with Gasteiger partial charge in [-0.3, -0.25) is 9.59 Å². The van der Waals surface area contributed by atoms with Gasteiger partial charge in [0.2, 0.25) is 0 Å². The van der Waals surface area contributed by atoms with Gasteiger partial charge in [-0.2, -0.15) is 0 Å². The maximum atomic E-state index is 15.2. The van der Waals surface area contributed by atoms with E-state index < -0.39 is 5.82 Å². The average molecular weight is 466 g/mol. The van der Waals surface area contributed by atoms with Crippen molar-refractivity contribution in [2.24, 2.45) is 11.1 Å². The second-order valence-corrected chi connectivity index (χ2v) is 10.6. The number of nitrogens with one attached hydrogen (secondary N) is 1. The summed E-state index contributed by atoms with van der Waals surface area (Å²) in [7, 11) is 1.50. The molecule has 0 aliphatic heterocycles. The molecule has 5 nitrogen and oxygen atoms in total. The molecule has 0 unspecified atom stereocenters. The normalized spacial score (nSPS) is 20.7. The summed E-state index contributed by atoms with van der Waals surface area (Å²) in [6.45, 7) is 0. The first-order chi connectivity index (χ1) is 16.6. The minimum absolute atomic E-state index is 0.110. The highest BCUT2D eigenvalue weighted by Gasteiger charge is 2.46. The third kappa shape index (κ3) is 3.80. The molecule has 4 aliphatic carbocycles. The summed E-state index contributed by atoms with van der Waals surface area (Å²) in [6, 6.07) is 3.73. The molecule has 34 heavy (non-hydrogen) atoms. The molecule has 0 amide bonds. The molecule has 182 valence electrons. The topological polar surface area (TPSA) is 77.1 Å². The van der Waals surface area contributed by atoms with Gasteiger partial charge < -0.3 is 15.6 Å². The molecule has 0 atom stereocenters. The van der Waals surface area contributed by atoms with Crippen LogP contribution in [0.1, 0.15) is 102 Å². The molecule has 6 rings (SSSR count). The van der Waals surface area contributed by atoms with Gasteiger partial charge in [0, 0.05) is 35.1 Å². The standard InChI is InChI=1S/C27H31FN2O2.CH5N/c28-21-12-18(13-22(20(21)16-31)29-17-6-2-1-3-7-17)30-23-9-4-8-19(23)26-24(30)14-27(10-5-11-27)15-25(26)32;1-2/h12-13,16-17,29H,1-11,14-15H2;2H2,1H3. The van der Waals surface area contributed by atoms with Crippen molar-refractivity contribution in [3.8, 4) is 5.69 Å². The number of nitrogens with two attached hydrogens (primary N) is 1. The number of ketones is 1. The second-order valence-electron chi connectivity index (χ2n) is 10.6. The Hall–Kier alpha value is -2.47. The lowest BCUT2D eigenvalue weighted by molar-refractivity contribution is 0.0704. The number of fused-ring (bicyclic) bond motifs is 3. The Bertz CT molecular complexity index is 1110. The van der Waals surface area contributed by atoms with Crippen molar-refractivity contribution >= 4 is 17.8 Å². The first-order valence-electron chi connectivity index (χ1n) is 13.0. The van der Waals surface area contributed by atoms with Gasteiger partial charge in [-0.25, -0.2) is 4.39 Å². The maximum Gasteiger partial charge on any atom is 0.165 e. The van der Waals surface area contributed by atoms with Crippen LogP contribution < -0.4 is 11.1 Å². The summed E-state index contributed by atoms with van der Waals surface area (Å²) in [4.78, 5) is 25.0. The first-order valence-corrected chi connectivity index (χ1v) is 13.0. The molecule has 2 aromatic rings. The van der Waals surface area contributed by atoms with Crippen molar-refractivity contribution in [1.29, 1.82) is 0 Å². The summed E-state index contributed by atoms with van der Waals surface area (Å²) < 4.78 is 17.4. The van der Waals surface area contributed by atoms with Gasteiger partial charge in [0.15, 0.2) is 12.1 Å². The molecule has 0 bridgehead atoms. The van der Waals surface area contributed by atoms with Gasteiger partial charge >= 0.3 is 0 Å². The SMILES string of the molecule is CN.O=Cc1c(F)cc(-n2c3c(c4c2CC2(CCC2)CC4=O)CCC3)cc1NC1CCCCC1. The molecule has 1 heterocycles. The lowest BCUT2D eigenvalue weighted by atomic mass is 9.60. The summed E-state index contributed by atoms with van der Waals surface area (Å²) in [6.07, 6.45) is 14.2. The van der Waals surface area contributed by atoms with Crippen LogP contribution in [0.2, 0.25) is 0 Å². The highest BCUT2D eigenvalue weighted by atomic mass is 19.1. The van der Waals surface area contributed by atoms with E-state index in [0.29, 0.717) is 18.4 Å². The molecule has 2 fully saturated rings. The van der Waals surface area contributed by atoms with E-state index in [0.717, 1.165) is 68.3 Å². The van der Waals surface area contributed by atoms with Crippen molar-refractivity contribution in [3.05, 3.63) is 46.0 Å². The number of anilines is 1. The number of aromatic nitrogens is 1. The molecular weight excluding hydrogens is 429 g/mol. The number of hydrogen-bond acceptors (Lipinski definition) is 4. The minimum atomic E-state index is -0.481. The third-order valence-electron chi connectivity index (χ3n) is 8.55. The molecule has 2 saturated carbocycles. The Morgan fingerprint density at radius 2 is 1.79 bits per heavy atom. The van der Waals surface area contributed by atoms with E-state index in [2.05, 4.69) is 15.6 Å². The van der Waals surface area contributed by atoms with Crippen LogP contribution >= 0.6 is 0 Å². The number of carbonyl (C=O) groups is 2. The number of hydrogen-bond donors (Lipinski definition) is 2. The van der Waals surface area contributed by atoms with Gasteiger partial charge in [0.25, 0.3) is 0 Å². The highest BCUT2D eigenvalue weighted by Crippen LogP contribution is 2.52. The Balaban J connectivity index is 0.00000117. The van der Waals surface area contributed by atoms with Gasteiger partial charge in [0.05, 0.1) is 11.3 Å². The van der Waals surface area contributed by atoms with Crippen LogP contribution in [-0.4, -0.2) is 29.7 Å². The van der Waals surface area contributed by atoms with Gasteiger partial charge in [-0.15, -0.1) is 0 Å². The van der Waals surface area contributed by atoms with Gasteiger partial charge in [-0.05, 0) is 81.5 Å². The molecule has 1 aromatic heterocycles. The Labute approximate surface area is 201 Å². The van der Waals surface area contributed by atoms with E-state index in [4.69, 9.17) is 0 Å². The van der Waals surface area contributed by atoms with Crippen LogP contribution in [0, 0.1) is 11.2 Å². The third-order valence-corrected chi connectivity index (χ3v) is 8.55. The number of aldehydes is 1. The number of benzene rings is 1. The van der Waals surface area contributed by atoms with E-state index in [-0.39, 0.29) is 22.8 Å². The molecule has 1 aromatic carbocycles. The molecule has 1 spiro atoms. The van der Waals surface area contributed by atoms with Crippen LogP contribution in [0.3, 0.4) is 0 Å². The smallest absolute Gasteiger partial charge is 0.165 e. The zero-order valence-electron chi connectivity index (χ0n) is 20.2. The van der Waals surface area contributed by atoms with Crippen LogP contribution in [-0.2, 0) is 19.3 Å². The molecule has 0 radical (unpaired) electrons. The average Bonchev–Trinajstić information content (AvgIpc) is 3.40. The van der Waals surface area contributed by atoms with Gasteiger partial charge in [0.1, 0.15) is 5.82 Å². The predicted octanol–water partition coefficient (Wildman–Crippen LogP) is 5.54. The second kappa shape index (κ2) is 9.29. The number of nitrogens with zero attached hydrogens (tertiary/aromatic N) is 1. The summed E-state index contributed by atoms with van der Waals surface area (Å²) >= 11 is 0. The monoisotopic (exact) mass is 465 g/mol. The summed E-state index contributed by atoms with van der Waals surface area (Å²) in [5.74, 6) is -0.195. The fraction of sp³-hybridized carbons (Fsp3) is 0.571. The maximum absolute atomic E-state index is 15.2. The zero-order chi connectivity index (χ0) is 23.9. The summed E-state index contributed by atoms with van der Waals surface area (Å²) in [5, 5.41) is 3.49. The molecule has 6 heteroatoms. The first kappa shape index (κ1) is 23.3. The quantitative estimate of drug-likeness (QED) is 0.582. The van der Waals surface area contributed by atoms with Crippen LogP contribution in [0.5, 0.6) is 0 Å². The molecule has 4 aliphatic rings. The largest absolute Gasteiger partial charge is 0.382 e. The van der Waals surface area contributed by atoms with E-state index in [1.807, 2.05) is 6.07 Å². The fourth-order valence-electron chi connectivity index (χ4n) is 6.82. The predicted molar refractivity (Wildman–Crippen MR) is 133 cm³/mol. The Morgan fingerprint density at radius 3 is 2.47 bits per heavy atom. The van der Waals surface area contributed by atoms with Crippen LogP contribution in [0.15, 0.2) is 12.1 Å². The van der Waals surface area contributed by atoms with Crippen LogP contribution in [0.25, 0.3) is 5.69 Å². The Morgan fingerprint density at radius 1 is 1.03 bits per heavy atom. The van der Waals surface area contributed by atoms with Crippen molar-refractivity contribution < 1.29 is 14.0 Å². The lowest BCUT2D eigenvalue weighted by Gasteiger charge is -2.44. The minimum Gasteiger partial charge on any atom is -0.382 e. The lowest BCUT2D eigenvalue weighted by Crippen LogP contribution is -2.39. The number of carbonyl (C=O) groups excluding carboxylic acids is 2. The van der Waals surface area contributed by atoms with Gasteiger partial charge in [-0.1, -0.05) is 25.7 Å². The zero-order valence-corrected chi connectivity index (χ0v) is 20.2. The fourth-order valence-corrected chi connectivity index (χ4v) is 6.82. The van der Waals surface area contributed by atoms with Crippen molar-refractivity contribution in [1.82, 2.24) is 4.57 Å². The van der Waals surface area contributed by atoms with Crippen LogP contribution in [0.4, 0.5) is 10.1 Å². The molecule has 3 N–H and O–H groups in total. The number of halogens is 1. The van der Waals surface area contributed by atoms with Crippen molar-refractivity contribution in [2.75, 3.05) is 12.4 Å². The summed E-state index contributed by atoms with van der Waals surface area (Å²) in [5.41, 5.74) is 10.5.